The summed E-state index contributed by atoms with van der Waals surface area (Å²) >= 11 is 1.49. The van der Waals surface area contributed by atoms with Crippen LogP contribution in [0.25, 0.3) is 0 Å². The van der Waals surface area contributed by atoms with E-state index < -0.39 is 0 Å². The molecule has 1 aromatic heterocycles. The van der Waals surface area contributed by atoms with Gasteiger partial charge < -0.3 is 10.2 Å². The van der Waals surface area contributed by atoms with Gasteiger partial charge in [0.2, 0.25) is 5.91 Å². The second-order valence-corrected chi connectivity index (χ2v) is 8.23. The van der Waals surface area contributed by atoms with Crippen molar-refractivity contribution in [2.75, 3.05) is 19.6 Å². The third-order valence-electron chi connectivity index (χ3n) is 5.66. The van der Waals surface area contributed by atoms with Crippen molar-refractivity contribution >= 4 is 23.2 Å². The summed E-state index contributed by atoms with van der Waals surface area (Å²) in [7, 11) is 0. The van der Waals surface area contributed by atoms with E-state index in [1.165, 1.54) is 30.6 Å². The maximum atomic E-state index is 12.8. The van der Waals surface area contributed by atoms with Crippen LogP contribution in [0.2, 0.25) is 0 Å². The molecule has 4 nitrogen and oxygen atoms in total. The van der Waals surface area contributed by atoms with E-state index in [4.69, 9.17) is 0 Å². The summed E-state index contributed by atoms with van der Waals surface area (Å²) in [5.41, 5.74) is 0.00146. The lowest BCUT2D eigenvalue weighted by Gasteiger charge is -2.37. The van der Waals surface area contributed by atoms with Gasteiger partial charge in [0.15, 0.2) is 0 Å². The second kappa shape index (κ2) is 7.68. The number of nitrogens with one attached hydrogen (secondary N) is 1. The van der Waals surface area contributed by atoms with Crippen molar-refractivity contribution in [2.45, 2.75) is 51.9 Å². The molecule has 1 saturated carbocycles. The van der Waals surface area contributed by atoms with Gasteiger partial charge in [-0.25, -0.2) is 0 Å². The van der Waals surface area contributed by atoms with E-state index in [1.807, 2.05) is 22.4 Å². The van der Waals surface area contributed by atoms with E-state index >= 15 is 0 Å². The van der Waals surface area contributed by atoms with Gasteiger partial charge in [0.05, 0.1) is 10.8 Å². The Bertz CT molecular complexity index is 564. The molecule has 2 aliphatic rings. The molecule has 3 rings (SSSR count). The van der Waals surface area contributed by atoms with Gasteiger partial charge in [0, 0.05) is 25.0 Å². The Balaban J connectivity index is 1.74. The maximum absolute atomic E-state index is 12.8. The molecule has 0 radical (unpaired) electrons. The van der Waals surface area contributed by atoms with Crippen LogP contribution < -0.4 is 5.32 Å². The van der Waals surface area contributed by atoms with Crippen molar-refractivity contribution < 1.29 is 9.59 Å². The number of hydrogen-bond donors (Lipinski definition) is 1. The van der Waals surface area contributed by atoms with Crippen molar-refractivity contribution in [3.63, 3.8) is 0 Å². The van der Waals surface area contributed by atoms with E-state index in [2.05, 4.69) is 12.2 Å². The first kappa shape index (κ1) is 17.5. The lowest BCUT2D eigenvalue weighted by Crippen LogP contribution is -2.42. The van der Waals surface area contributed by atoms with Gasteiger partial charge in [-0.05, 0) is 30.7 Å². The van der Waals surface area contributed by atoms with Crippen molar-refractivity contribution in [1.82, 2.24) is 10.2 Å². The normalized spacial score (nSPS) is 22.7. The van der Waals surface area contributed by atoms with Crippen LogP contribution in [-0.2, 0) is 4.79 Å². The molecular formula is C19H28N2O2S. The van der Waals surface area contributed by atoms with E-state index in [0.717, 1.165) is 43.6 Å². The summed E-state index contributed by atoms with van der Waals surface area (Å²) in [5, 5.41) is 5.06. The average molecular weight is 349 g/mol. The van der Waals surface area contributed by atoms with E-state index in [-0.39, 0.29) is 23.1 Å². The van der Waals surface area contributed by atoms with Crippen LogP contribution in [0.3, 0.4) is 0 Å². The van der Waals surface area contributed by atoms with E-state index in [0.29, 0.717) is 6.54 Å². The van der Waals surface area contributed by atoms with E-state index in [9.17, 15) is 9.59 Å². The Morgan fingerprint density at radius 1 is 1.33 bits per heavy atom. The molecule has 1 aliphatic heterocycles. The molecule has 0 bridgehead atoms. The zero-order valence-electron chi connectivity index (χ0n) is 14.6. The molecule has 1 spiro atoms. The average Bonchev–Trinajstić information content (AvgIpc) is 3.24. The van der Waals surface area contributed by atoms with Gasteiger partial charge in [-0.15, -0.1) is 11.3 Å². The molecule has 24 heavy (non-hydrogen) atoms. The quantitative estimate of drug-likeness (QED) is 0.825. The number of amides is 2. The fraction of sp³-hybridized carbons (Fsp3) is 0.684. The number of likely N-dealkylation sites (tertiary alicyclic amines) is 1. The highest BCUT2D eigenvalue weighted by atomic mass is 32.1. The van der Waals surface area contributed by atoms with Crippen molar-refractivity contribution in [3.05, 3.63) is 22.4 Å². The monoisotopic (exact) mass is 348 g/mol. The predicted molar refractivity (Wildman–Crippen MR) is 97.1 cm³/mol. The van der Waals surface area contributed by atoms with Gasteiger partial charge in [-0.1, -0.05) is 38.7 Å². The van der Waals surface area contributed by atoms with Crippen LogP contribution in [0.5, 0.6) is 0 Å². The predicted octanol–water partition coefficient (Wildman–Crippen LogP) is 3.69. The summed E-state index contributed by atoms with van der Waals surface area (Å²) in [4.78, 5) is 28.3. The summed E-state index contributed by atoms with van der Waals surface area (Å²) in [6, 6.07) is 3.80. The molecule has 1 N–H and O–H groups in total. The fourth-order valence-corrected chi connectivity index (χ4v) is 5.01. The molecule has 132 valence electrons. The second-order valence-electron chi connectivity index (χ2n) is 7.28. The Kier molecular flexibility index (Phi) is 5.59. The van der Waals surface area contributed by atoms with Gasteiger partial charge in [0.25, 0.3) is 5.91 Å². The lowest BCUT2D eigenvalue weighted by atomic mass is 9.67. The standard InChI is InChI=1S/C19H28N2O2S/c1-2-3-11-20-17(22)15-13-21(18(23)16-8-7-12-24-16)14-19(15)9-5-4-6-10-19/h7-8,12,15H,2-6,9-11,13-14H2,1H3,(H,20,22). The first-order valence-electron chi connectivity index (χ1n) is 9.27. The highest BCUT2D eigenvalue weighted by molar-refractivity contribution is 7.12. The van der Waals surface area contributed by atoms with Crippen LogP contribution in [-0.4, -0.2) is 36.3 Å². The van der Waals surface area contributed by atoms with Gasteiger partial charge >= 0.3 is 0 Å². The number of thiophene rings is 1. The first-order chi connectivity index (χ1) is 11.7. The van der Waals surface area contributed by atoms with Gasteiger partial charge in [0.1, 0.15) is 0 Å². The van der Waals surface area contributed by atoms with Crippen LogP contribution in [0, 0.1) is 11.3 Å². The van der Waals surface area contributed by atoms with Gasteiger partial charge in [-0.3, -0.25) is 9.59 Å². The highest BCUT2D eigenvalue weighted by Gasteiger charge is 2.51. The lowest BCUT2D eigenvalue weighted by molar-refractivity contribution is -0.128. The molecule has 2 amide bonds. The molecule has 1 atom stereocenters. The fourth-order valence-electron chi connectivity index (χ4n) is 4.31. The molecule has 2 fully saturated rings. The SMILES string of the molecule is CCCCNC(=O)C1CN(C(=O)c2cccs2)CC12CCCCC2. The number of nitrogens with zero attached hydrogens (tertiary/aromatic N) is 1. The Hall–Kier alpha value is -1.36. The Morgan fingerprint density at radius 2 is 2.12 bits per heavy atom. The molecule has 2 heterocycles. The number of carbonyl (C=O) groups is 2. The Morgan fingerprint density at radius 3 is 2.79 bits per heavy atom. The minimum atomic E-state index is -0.0430. The molecule has 1 unspecified atom stereocenters. The summed E-state index contributed by atoms with van der Waals surface area (Å²) < 4.78 is 0. The molecular weight excluding hydrogens is 320 g/mol. The van der Waals surface area contributed by atoms with Crippen LogP contribution >= 0.6 is 11.3 Å². The maximum Gasteiger partial charge on any atom is 0.263 e. The molecule has 1 aromatic rings. The van der Waals surface area contributed by atoms with Crippen molar-refractivity contribution in [2.24, 2.45) is 11.3 Å². The van der Waals surface area contributed by atoms with Crippen LogP contribution in [0.15, 0.2) is 17.5 Å². The Labute approximate surface area is 148 Å². The minimum Gasteiger partial charge on any atom is -0.356 e. The zero-order valence-corrected chi connectivity index (χ0v) is 15.4. The topological polar surface area (TPSA) is 49.4 Å². The van der Waals surface area contributed by atoms with Crippen LogP contribution in [0.1, 0.15) is 61.5 Å². The summed E-state index contributed by atoms with van der Waals surface area (Å²) in [6.45, 7) is 4.21. The third-order valence-corrected chi connectivity index (χ3v) is 6.52. The van der Waals surface area contributed by atoms with Crippen molar-refractivity contribution in [1.29, 1.82) is 0 Å². The first-order valence-corrected chi connectivity index (χ1v) is 10.1. The largest absolute Gasteiger partial charge is 0.356 e. The zero-order chi connectivity index (χ0) is 17.0. The summed E-state index contributed by atoms with van der Waals surface area (Å²) in [5.74, 6) is 0.212. The number of unbranched alkanes of at least 4 members (excludes halogenated alkanes) is 1. The molecule has 5 heteroatoms. The summed E-state index contributed by atoms with van der Waals surface area (Å²) in [6.07, 6.45) is 7.87. The number of rotatable bonds is 5. The molecule has 0 aromatic carbocycles. The van der Waals surface area contributed by atoms with E-state index in [1.54, 1.807) is 0 Å². The van der Waals surface area contributed by atoms with Crippen LogP contribution in [0.4, 0.5) is 0 Å². The minimum absolute atomic E-state index is 0.00146. The smallest absolute Gasteiger partial charge is 0.263 e. The van der Waals surface area contributed by atoms with Crippen molar-refractivity contribution in [3.8, 4) is 0 Å². The molecule has 1 aliphatic carbocycles. The number of hydrogen-bond acceptors (Lipinski definition) is 3. The highest BCUT2D eigenvalue weighted by Crippen LogP contribution is 2.48. The van der Waals surface area contributed by atoms with Gasteiger partial charge in [-0.2, -0.15) is 0 Å². The number of carbonyl (C=O) groups excluding carboxylic acids is 2. The third kappa shape index (κ3) is 3.51. The molecule has 1 saturated heterocycles.